The molecule has 0 bridgehead atoms. The fraction of sp³-hybridized carbons (Fsp3) is 0.0625. The normalized spacial score (nSPS) is 14.4. The Morgan fingerprint density at radius 3 is 2.00 bits per heavy atom. The van der Waals surface area contributed by atoms with Gasteiger partial charge in [0.15, 0.2) is 5.84 Å². The zero-order valence-corrected chi connectivity index (χ0v) is 38.5. The van der Waals surface area contributed by atoms with E-state index in [0.29, 0.717) is 6.42 Å². The first-order valence-corrected chi connectivity index (χ1v) is 24.3. The molecule has 0 fully saturated rings. The number of benzene rings is 10. The van der Waals surface area contributed by atoms with E-state index in [-0.39, 0.29) is 5.41 Å². The Morgan fingerprint density at radius 1 is 0.441 bits per heavy atom. The minimum absolute atomic E-state index is 0.128. The van der Waals surface area contributed by atoms with E-state index in [1.807, 2.05) is 11.3 Å². The minimum Gasteiger partial charge on any atom is -0.309 e. The molecule has 14 rings (SSSR count). The Hall–Kier alpha value is -8.18. The maximum Gasteiger partial charge on any atom is 0.160 e. The Labute approximate surface area is 398 Å². The molecule has 0 radical (unpaired) electrons. The van der Waals surface area contributed by atoms with Crippen molar-refractivity contribution in [2.75, 3.05) is 0 Å². The number of aliphatic imine (C=N–C) groups is 2. The van der Waals surface area contributed by atoms with Crippen molar-refractivity contribution in [1.82, 2.24) is 4.57 Å². The lowest BCUT2D eigenvalue weighted by atomic mass is 9.82. The lowest BCUT2D eigenvalue weighted by molar-refractivity contribution is 0.660. The maximum absolute atomic E-state index is 5.44. The zero-order chi connectivity index (χ0) is 45.1. The predicted octanol–water partition coefficient (Wildman–Crippen LogP) is 17.1. The van der Waals surface area contributed by atoms with Gasteiger partial charge in [-0.1, -0.05) is 178 Å². The number of amidine groups is 1. The molecule has 1 aliphatic carbocycles. The predicted molar refractivity (Wildman–Crippen MR) is 290 cm³/mol. The minimum atomic E-state index is -0.128. The van der Waals surface area contributed by atoms with Gasteiger partial charge >= 0.3 is 0 Å². The number of hydrogen-bond donors (Lipinski definition) is 0. The van der Waals surface area contributed by atoms with Crippen LogP contribution in [0.5, 0.6) is 0 Å². The molecule has 0 amide bonds. The van der Waals surface area contributed by atoms with E-state index in [2.05, 4.69) is 231 Å². The molecule has 3 heterocycles. The summed E-state index contributed by atoms with van der Waals surface area (Å²) in [6.45, 7) is 4.66. The summed E-state index contributed by atoms with van der Waals surface area (Å²) in [5, 5.41) is 10.3. The van der Waals surface area contributed by atoms with E-state index in [9.17, 15) is 0 Å². The van der Waals surface area contributed by atoms with Crippen molar-refractivity contribution in [3.63, 3.8) is 0 Å². The lowest BCUT2D eigenvalue weighted by Crippen LogP contribution is -2.15. The van der Waals surface area contributed by atoms with Crippen molar-refractivity contribution in [2.45, 2.75) is 25.7 Å². The second-order valence-corrected chi connectivity index (χ2v) is 19.9. The largest absolute Gasteiger partial charge is 0.309 e. The summed E-state index contributed by atoms with van der Waals surface area (Å²) >= 11 is 1.88. The number of nitrogens with zero attached hydrogens (tertiary/aromatic N) is 3. The Kier molecular flexibility index (Phi) is 8.56. The van der Waals surface area contributed by atoms with E-state index < -0.39 is 0 Å². The lowest BCUT2D eigenvalue weighted by Gasteiger charge is -2.21. The molecule has 0 saturated carbocycles. The van der Waals surface area contributed by atoms with Gasteiger partial charge in [-0.2, -0.15) is 0 Å². The van der Waals surface area contributed by atoms with E-state index in [1.54, 1.807) is 0 Å². The smallest absolute Gasteiger partial charge is 0.160 e. The number of thiophene rings is 1. The third-order valence-electron chi connectivity index (χ3n) is 14.7. The van der Waals surface area contributed by atoms with Gasteiger partial charge in [0.1, 0.15) is 0 Å². The molecule has 2 aliphatic rings. The van der Waals surface area contributed by atoms with Crippen LogP contribution in [-0.2, 0) is 5.41 Å². The van der Waals surface area contributed by atoms with Gasteiger partial charge in [-0.15, -0.1) is 11.3 Å². The molecule has 1 aliphatic heterocycles. The van der Waals surface area contributed by atoms with Crippen molar-refractivity contribution in [2.24, 2.45) is 9.98 Å². The van der Waals surface area contributed by atoms with Gasteiger partial charge in [0.05, 0.1) is 22.4 Å². The molecule has 2 aromatic heterocycles. The summed E-state index contributed by atoms with van der Waals surface area (Å²) in [4.78, 5) is 10.8. The van der Waals surface area contributed by atoms with E-state index in [0.717, 1.165) is 39.6 Å². The SMILES string of the molecule is CC1(C)c2ccccc2-c2ccc(C3=NC(c4ccccc4)=CCC(c4ccc(-n5c6ccc(-c7cc8sc9ccccc9c8c8ccccc78)cc6c6c7ccccc7ccc65)cc4)=N3)cc21. The van der Waals surface area contributed by atoms with Crippen LogP contribution in [0, 0.1) is 0 Å². The van der Waals surface area contributed by atoms with Crippen LogP contribution in [0.1, 0.15) is 48.1 Å². The molecule has 0 atom stereocenters. The van der Waals surface area contributed by atoms with Crippen LogP contribution in [0.4, 0.5) is 0 Å². The van der Waals surface area contributed by atoms with Crippen molar-refractivity contribution >= 4 is 92.1 Å². The van der Waals surface area contributed by atoms with Crippen LogP contribution in [0.25, 0.3) is 97.2 Å². The first kappa shape index (κ1) is 39.0. The van der Waals surface area contributed by atoms with E-state index in [1.165, 1.54) is 96.9 Å². The maximum atomic E-state index is 5.44. The van der Waals surface area contributed by atoms with Gasteiger partial charge in [0, 0.05) is 54.0 Å². The van der Waals surface area contributed by atoms with E-state index >= 15 is 0 Å². The fourth-order valence-electron chi connectivity index (χ4n) is 11.4. The fourth-order valence-corrected chi connectivity index (χ4v) is 12.5. The third kappa shape index (κ3) is 5.90. The van der Waals surface area contributed by atoms with Gasteiger partial charge in [-0.3, -0.25) is 0 Å². The molecule has 4 heteroatoms. The summed E-state index contributed by atoms with van der Waals surface area (Å²) in [7, 11) is 0. The summed E-state index contributed by atoms with van der Waals surface area (Å²) in [6, 6.07) is 75.8. The molecular formula is C64H43N3S. The second kappa shape index (κ2) is 14.9. The highest BCUT2D eigenvalue weighted by molar-refractivity contribution is 7.26. The van der Waals surface area contributed by atoms with Gasteiger partial charge in [0.25, 0.3) is 0 Å². The van der Waals surface area contributed by atoms with E-state index in [4.69, 9.17) is 9.98 Å². The Bertz CT molecular complexity index is 4180. The van der Waals surface area contributed by atoms with Crippen LogP contribution in [0.15, 0.2) is 222 Å². The quantitative estimate of drug-likeness (QED) is 0.165. The summed E-state index contributed by atoms with van der Waals surface area (Å²) in [5.74, 6) is 0.732. The highest BCUT2D eigenvalue weighted by atomic mass is 32.1. The van der Waals surface area contributed by atoms with Crippen LogP contribution < -0.4 is 0 Å². The molecule has 0 unspecified atom stereocenters. The molecular weight excluding hydrogens is 843 g/mol. The number of rotatable bonds is 5. The average Bonchev–Trinajstić information content (AvgIpc) is 3.94. The summed E-state index contributed by atoms with van der Waals surface area (Å²) in [5.41, 5.74) is 16.2. The molecule has 10 aromatic carbocycles. The molecule has 0 N–H and O–H groups in total. The zero-order valence-electron chi connectivity index (χ0n) is 37.7. The van der Waals surface area contributed by atoms with Gasteiger partial charge in [-0.05, 0) is 115 Å². The van der Waals surface area contributed by atoms with Crippen LogP contribution >= 0.6 is 11.3 Å². The van der Waals surface area contributed by atoms with Crippen LogP contribution in [-0.4, -0.2) is 16.1 Å². The number of allylic oxidation sites excluding steroid dienone is 1. The van der Waals surface area contributed by atoms with Gasteiger partial charge in [0.2, 0.25) is 0 Å². The molecule has 0 spiro atoms. The summed E-state index contributed by atoms with van der Waals surface area (Å²) in [6.07, 6.45) is 2.89. The van der Waals surface area contributed by atoms with Crippen molar-refractivity contribution in [3.05, 3.63) is 240 Å². The van der Waals surface area contributed by atoms with Gasteiger partial charge < -0.3 is 4.57 Å². The number of fused-ring (bicyclic) bond motifs is 13. The molecule has 320 valence electrons. The molecule has 3 nitrogen and oxygen atoms in total. The van der Waals surface area contributed by atoms with Crippen molar-refractivity contribution in [1.29, 1.82) is 0 Å². The molecule has 12 aromatic rings. The Morgan fingerprint density at radius 2 is 1.13 bits per heavy atom. The first-order valence-electron chi connectivity index (χ1n) is 23.5. The van der Waals surface area contributed by atoms with Crippen LogP contribution in [0.3, 0.4) is 0 Å². The first-order chi connectivity index (χ1) is 33.5. The Balaban J connectivity index is 0.901. The van der Waals surface area contributed by atoms with Crippen molar-refractivity contribution < 1.29 is 0 Å². The highest BCUT2D eigenvalue weighted by Crippen LogP contribution is 2.49. The number of hydrogen-bond acceptors (Lipinski definition) is 3. The topological polar surface area (TPSA) is 29.6 Å². The van der Waals surface area contributed by atoms with Gasteiger partial charge in [-0.25, -0.2) is 9.98 Å². The standard InChI is InChI=1S/C64H43N3S/c1-64(2)53-22-12-10-19-47(53)48-31-26-43(37-54(48)64)63-65-55(40-15-4-3-5-16-40)32-33-56(66-63)41-24-29-44(30-25-41)67-57-34-28-42(36-52(57)61-45-17-7-6-14-39(45)27-35-58(61)67)51-38-60-62(49-20-9-8-18-46(49)51)50-21-11-13-23-59(50)68-60/h3-32,34-38H,33H2,1-2H3. The average molecular weight is 886 g/mol. The third-order valence-corrected chi connectivity index (χ3v) is 15.8. The molecule has 0 saturated heterocycles. The van der Waals surface area contributed by atoms with Crippen molar-refractivity contribution in [3.8, 4) is 27.9 Å². The summed E-state index contributed by atoms with van der Waals surface area (Å²) < 4.78 is 5.08. The molecule has 68 heavy (non-hydrogen) atoms. The van der Waals surface area contributed by atoms with Crippen LogP contribution in [0.2, 0.25) is 0 Å². The highest BCUT2D eigenvalue weighted by Gasteiger charge is 2.35. The number of aromatic nitrogens is 1. The monoisotopic (exact) mass is 885 g/mol. The second-order valence-electron chi connectivity index (χ2n) is 18.8.